The van der Waals surface area contributed by atoms with Crippen LogP contribution in [0.3, 0.4) is 0 Å². The van der Waals surface area contributed by atoms with Crippen LogP contribution in [0.4, 0.5) is 13.2 Å². The molecule has 100 valence electrons. The monoisotopic (exact) mass is 282 g/mol. The van der Waals surface area contributed by atoms with Crippen LogP contribution in [0.5, 0.6) is 0 Å². The Morgan fingerprint density at radius 2 is 2.17 bits per heavy atom. The van der Waals surface area contributed by atoms with Gasteiger partial charge >= 0.3 is 6.18 Å². The fourth-order valence-electron chi connectivity index (χ4n) is 1.11. The van der Waals surface area contributed by atoms with Crippen molar-refractivity contribution in [3.63, 3.8) is 0 Å². The summed E-state index contributed by atoms with van der Waals surface area (Å²) in [4.78, 5) is 5.66. The second-order valence-electron chi connectivity index (χ2n) is 3.32. The van der Waals surface area contributed by atoms with Gasteiger partial charge in [0.1, 0.15) is 11.1 Å². The van der Waals surface area contributed by atoms with E-state index in [-0.39, 0.29) is 18.0 Å². The van der Waals surface area contributed by atoms with E-state index in [4.69, 9.17) is 5.53 Å². The number of aliphatic hydroxyl groups is 2. The molecule has 0 radical (unpaired) electrons. The largest absolute Gasteiger partial charge is 0.434 e. The lowest BCUT2D eigenvalue weighted by atomic mass is 10.1. The molecule has 0 aliphatic heterocycles. The maximum Gasteiger partial charge on any atom is 0.434 e. The number of alkyl halides is 3. The molecule has 1 heterocycles. The minimum Gasteiger partial charge on any atom is -0.390 e. The normalized spacial score (nSPS) is 14.9. The smallest absolute Gasteiger partial charge is 0.390 e. The van der Waals surface area contributed by atoms with Gasteiger partial charge < -0.3 is 10.2 Å². The molecule has 18 heavy (non-hydrogen) atoms. The zero-order valence-electron chi connectivity index (χ0n) is 8.87. The first-order valence-electron chi connectivity index (χ1n) is 4.76. The minimum atomic E-state index is -4.58. The van der Waals surface area contributed by atoms with E-state index in [9.17, 15) is 23.4 Å². The third-order valence-electron chi connectivity index (χ3n) is 2.02. The van der Waals surface area contributed by atoms with E-state index in [0.29, 0.717) is 11.3 Å². The first-order valence-corrected chi connectivity index (χ1v) is 5.64. The molecule has 6 nitrogen and oxygen atoms in total. The molecule has 0 fully saturated rings. The molecule has 0 amide bonds. The predicted octanol–water partition coefficient (Wildman–Crippen LogP) is 2.26. The number of hydrogen-bond acceptors (Lipinski definition) is 5. The van der Waals surface area contributed by atoms with Crippen LogP contribution in [-0.2, 0) is 6.18 Å². The lowest BCUT2D eigenvalue weighted by Gasteiger charge is -2.14. The van der Waals surface area contributed by atoms with Crippen LogP contribution in [0.15, 0.2) is 10.5 Å². The fraction of sp³-hybridized carbons (Fsp3) is 0.625. The van der Waals surface area contributed by atoms with Gasteiger partial charge in [0.2, 0.25) is 0 Å². The summed E-state index contributed by atoms with van der Waals surface area (Å²) in [6.45, 7) is -0.0633. The second kappa shape index (κ2) is 6.01. The van der Waals surface area contributed by atoms with Crippen molar-refractivity contribution < 1.29 is 23.4 Å². The van der Waals surface area contributed by atoms with E-state index in [1.807, 2.05) is 0 Å². The van der Waals surface area contributed by atoms with E-state index in [0.717, 1.165) is 5.38 Å². The average Bonchev–Trinajstić information content (AvgIpc) is 2.77. The van der Waals surface area contributed by atoms with Gasteiger partial charge in [-0.15, -0.1) is 11.3 Å². The van der Waals surface area contributed by atoms with Gasteiger partial charge in [-0.2, -0.15) is 13.2 Å². The van der Waals surface area contributed by atoms with Crippen LogP contribution in [0.25, 0.3) is 10.4 Å². The number of azide groups is 1. The summed E-state index contributed by atoms with van der Waals surface area (Å²) in [6, 6.07) is 0. The van der Waals surface area contributed by atoms with Crippen molar-refractivity contribution in [3.8, 4) is 0 Å². The van der Waals surface area contributed by atoms with Crippen molar-refractivity contribution in [1.29, 1.82) is 0 Å². The Bertz CT molecular complexity index is 444. The van der Waals surface area contributed by atoms with Crippen molar-refractivity contribution in [2.75, 3.05) is 6.54 Å². The maximum atomic E-state index is 12.3. The van der Waals surface area contributed by atoms with Crippen molar-refractivity contribution in [2.45, 2.75) is 24.8 Å². The highest BCUT2D eigenvalue weighted by Gasteiger charge is 2.35. The van der Waals surface area contributed by atoms with Gasteiger partial charge in [-0.05, 0) is 12.0 Å². The first-order chi connectivity index (χ1) is 8.36. The standard InChI is InChI=1S/C8H9F3N4O2S/c9-8(10,11)5-3-18-7(14-5)6(17)4(16)1-2-13-15-12/h3-4,6,16-17H,1-2H2. The molecule has 0 bridgehead atoms. The number of halogens is 3. The van der Waals surface area contributed by atoms with Crippen molar-refractivity contribution in [2.24, 2.45) is 5.11 Å². The van der Waals surface area contributed by atoms with Crippen LogP contribution < -0.4 is 0 Å². The summed E-state index contributed by atoms with van der Waals surface area (Å²) in [5.74, 6) is 0. The summed E-state index contributed by atoms with van der Waals surface area (Å²) in [7, 11) is 0. The lowest BCUT2D eigenvalue weighted by molar-refractivity contribution is -0.141. The summed E-state index contributed by atoms with van der Waals surface area (Å²) in [5, 5.41) is 22.7. The van der Waals surface area contributed by atoms with Crippen LogP contribution >= 0.6 is 11.3 Å². The van der Waals surface area contributed by atoms with Crippen LogP contribution in [0.1, 0.15) is 23.2 Å². The van der Waals surface area contributed by atoms with Gasteiger partial charge in [-0.25, -0.2) is 4.98 Å². The fourth-order valence-corrected chi connectivity index (χ4v) is 1.98. The van der Waals surface area contributed by atoms with Crippen molar-refractivity contribution >= 4 is 11.3 Å². The van der Waals surface area contributed by atoms with Crippen LogP contribution in [0.2, 0.25) is 0 Å². The number of thiazole rings is 1. The van der Waals surface area contributed by atoms with Gasteiger partial charge in [-0.1, -0.05) is 5.11 Å². The molecule has 0 aromatic carbocycles. The third-order valence-corrected chi connectivity index (χ3v) is 2.93. The van der Waals surface area contributed by atoms with Gasteiger partial charge in [0.25, 0.3) is 0 Å². The Labute approximate surface area is 103 Å². The van der Waals surface area contributed by atoms with Crippen LogP contribution in [-0.4, -0.2) is 27.8 Å². The van der Waals surface area contributed by atoms with E-state index < -0.39 is 24.1 Å². The molecule has 2 atom stereocenters. The summed E-state index contributed by atoms with van der Waals surface area (Å²) >= 11 is 0.608. The maximum absolute atomic E-state index is 12.3. The van der Waals surface area contributed by atoms with E-state index in [1.54, 1.807) is 0 Å². The van der Waals surface area contributed by atoms with E-state index in [1.165, 1.54) is 0 Å². The molecule has 0 spiro atoms. The van der Waals surface area contributed by atoms with Gasteiger partial charge in [-0.3, -0.25) is 0 Å². The summed E-state index contributed by atoms with van der Waals surface area (Å²) < 4.78 is 36.8. The van der Waals surface area contributed by atoms with Crippen molar-refractivity contribution in [1.82, 2.24) is 4.98 Å². The topological polar surface area (TPSA) is 102 Å². The predicted molar refractivity (Wildman–Crippen MR) is 56.7 cm³/mol. The highest BCUT2D eigenvalue weighted by molar-refractivity contribution is 7.09. The molecule has 10 heteroatoms. The molecule has 2 N–H and O–H groups in total. The van der Waals surface area contributed by atoms with Gasteiger partial charge in [0, 0.05) is 16.8 Å². The Morgan fingerprint density at radius 3 is 2.67 bits per heavy atom. The molecule has 0 saturated carbocycles. The second-order valence-corrected chi connectivity index (χ2v) is 4.21. The van der Waals surface area contributed by atoms with Crippen molar-refractivity contribution in [3.05, 3.63) is 26.5 Å². The first kappa shape index (κ1) is 14.7. The Morgan fingerprint density at radius 1 is 1.50 bits per heavy atom. The van der Waals surface area contributed by atoms with Crippen LogP contribution in [0, 0.1) is 0 Å². The zero-order chi connectivity index (χ0) is 13.8. The summed E-state index contributed by atoms with van der Waals surface area (Å²) in [5.41, 5.74) is 6.90. The van der Waals surface area contributed by atoms with E-state index in [2.05, 4.69) is 15.0 Å². The lowest BCUT2D eigenvalue weighted by Crippen LogP contribution is -2.19. The average molecular weight is 282 g/mol. The minimum absolute atomic E-state index is 0.0633. The highest BCUT2D eigenvalue weighted by atomic mass is 32.1. The quantitative estimate of drug-likeness (QED) is 0.492. The van der Waals surface area contributed by atoms with E-state index >= 15 is 0 Å². The molecule has 1 rings (SSSR count). The third kappa shape index (κ3) is 3.84. The Hall–Kier alpha value is -1.35. The molecular formula is C8H9F3N4O2S. The summed E-state index contributed by atoms with van der Waals surface area (Å²) in [6.07, 6.45) is -7.50. The number of aromatic nitrogens is 1. The molecule has 0 saturated heterocycles. The van der Waals surface area contributed by atoms with Gasteiger partial charge in [0.15, 0.2) is 5.69 Å². The SMILES string of the molecule is [N-]=[N+]=NCCC(O)C(O)c1nc(C(F)(F)F)cs1. The number of hydrogen-bond donors (Lipinski definition) is 2. The molecule has 0 aliphatic rings. The molecule has 1 aromatic heterocycles. The number of rotatable bonds is 5. The number of aliphatic hydroxyl groups excluding tert-OH is 2. The Kier molecular flexibility index (Phi) is 4.91. The Balaban J connectivity index is 2.69. The van der Waals surface area contributed by atoms with Gasteiger partial charge in [0.05, 0.1) is 6.10 Å². The number of nitrogens with zero attached hydrogens (tertiary/aromatic N) is 4. The zero-order valence-corrected chi connectivity index (χ0v) is 9.69. The molecule has 2 unspecified atom stereocenters. The molecular weight excluding hydrogens is 273 g/mol. The molecule has 1 aromatic rings. The molecule has 0 aliphatic carbocycles. The highest BCUT2D eigenvalue weighted by Crippen LogP contribution is 2.32.